The Balaban J connectivity index is 1.57. The van der Waals surface area contributed by atoms with Crippen LogP contribution in [-0.2, 0) is 0 Å². The van der Waals surface area contributed by atoms with Crippen molar-refractivity contribution in [2.24, 2.45) is 0 Å². The molecule has 1 aromatic carbocycles. The Morgan fingerprint density at radius 2 is 2.07 bits per heavy atom. The summed E-state index contributed by atoms with van der Waals surface area (Å²) in [7, 11) is 0. The number of rotatable bonds is 3. The Labute approximate surface area is 161 Å². The lowest BCUT2D eigenvalue weighted by Crippen LogP contribution is -2.39. The Kier molecular flexibility index (Phi) is 4.77. The predicted molar refractivity (Wildman–Crippen MR) is 103 cm³/mol. The highest BCUT2D eigenvalue weighted by Gasteiger charge is 2.29. The lowest BCUT2D eigenvalue weighted by molar-refractivity contribution is 0.0704. The average Bonchev–Trinajstić information content (AvgIpc) is 3.18. The number of piperidine rings is 1. The minimum atomic E-state index is -0.274. The smallest absolute Gasteiger partial charge is 0.257 e. The highest BCUT2D eigenvalue weighted by molar-refractivity contribution is 5.95. The van der Waals surface area contributed by atoms with Crippen molar-refractivity contribution in [3.63, 3.8) is 0 Å². The number of likely N-dealkylation sites (tertiary alicyclic amines) is 1. The van der Waals surface area contributed by atoms with Crippen molar-refractivity contribution in [2.75, 3.05) is 18.8 Å². The van der Waals surface area contributed by atoms with E-state index >= 15 is 0 Å². The number of amides is 1. The third-order valence-electron chi connectivity index (χ3n) is 5.17. The molecule has 1 saturated heterocycles. The van der Waals surface area contributed by atoms with Crippen molar-refractivity contribution >= 4 is 11.9 Å². The standard InChI is InChI=1S/C20H21FN6O/c1-12-16(9-23-20(22)25-12)19(28)27-8-2-3-14(11-27)18-17(10-24-26-18)13-4-6-15(21)7-5-13/h4-7,9-10,14H,2-3,8,11H2,1H3,(H,24,26)(H2,22,23,25). The number of aromatic nitrogens is 4. The average molecular weight is 380 g/mol. The van der Waals surface area contributed by atoms with Crippen LogP contribution < -0.4 is 5.73 Å². The molecule has 1 unspecified atom stereocenters. The summed E-state index contributed by atoms with van der Waals surface area (Å²) in [5, 5.41) is 7.28. The topological polar surface area (TPSA) is 101 Å². The molecule has 0 saturated carbocycles. The van der Waals surface area contributed by atoms with E-state index in [0.717, 1.165) is 29.7 Å². The zero-order chi connectivity index (χ0) is 19.7. The van der Waals surface area contributed by atoms with Crippen molar-refractivity contribution in [1.82, 2.24) is 25.1 Å². The molecule has 4 rings (SSSR count). The third-order valence-corrected chi connectivity index (χ3v) is 5.17. The van der Waals surface area contributed by atoms with Gasteiger partial charge in [-0.05, 0) is 37.5 Å². The van der Waals surface area contributed by atoms with Gasteiger partial charge in [-0.2, -0.15) is 5.10 Å². The minimum absolute atomic E-state index is 0.0925. The SMILES string of the molecule is Cc1nc(N)ncc1C(=O)N1CCCC(c2[nH]ncc2-c2ccc(F)cc2)C1. The number of nitrogens with zero attached hydrogens (tertiary/aromatic N) is 4. The monoisotopic (exact) mass is 380 g/mol. The van der Waals surface area contributed by atoms with Crippen LogP contribution >= 0.6 is 0 Å². The van der Waals surface area contributed by atoms with Gasteiger partial charge in [0.2, 0.25) is 5.95 Å². The lowest BCUT2D eigenvalue weighted by Gasteiger charge is -2.33. The largest absolute Gasteiger partial charge is 0.368 e. The van der Waals surface area contributed by atoms with Crippen molar-refractivity contribution in [1.29, 1.82) is 0 Å². The van der Waals surface area contributed by atoms with Crippen LogP contribution in [0.3, 0.4) is 0 Å². The number of carbonyl (C=O) groups is 1. The molecular weight excluding hydrogens is 359 g/mol. The number of hydrogen-bond acceptors (Lipinski definition) is 5. The number of anilines is 1. The summed E-state index contributed by atoms with van der Waals surface area (Å²) in [6, 6.07) is 6.36. The zero-order valence-corrected chi connectivity index (χ0v) is 15.5. The van der Waals surface area contributed by atoms with Crippen LogP contribution in [0.5, 0.6) is 0 Å². The van der Waals surface area contributed by atoms with Gasteiger partial charge in [-0.3, -0.25) is 9.89 Å². The Hall–Kier alpha value is -3.29. The molecule has 1 atom stereocenters. The van der Waals surface area contributed by atoms with E-state index in [2.05, 4.69) is 20.2 Å². The molecule has 0 aliphatic carbocycles. The maximum Gasteiger partial charge on any atom is 0.257 e. The van der Waals surface area contributed by atoms with E-state index in [-0.39, 0.29) is 23.6 Å². The van der Waals surface area contributed by atoms with E-state index in [1.165, 1.54) is 18.3 Å². The number of halogens is 1. The number of carbonyl (C=O) groups excluding carboxylic acids is 1. The van der Waals surface area contributed by atoms with Crippen LogP contribution in [-0.4, -0.2) is 44.1 Å². The first-order valence-electron chi connectivity index (χ1n) is 9.20. The summed E-state index contributed by atoms with van der Waals surface area (Å²) in [5.74, 6) is -0.0865. The summed E-state index contributed by atoms with van der Waals surface area (Å²) in [6.45, 7) is 3.01. The Bertz CT molecular complexity index is 1000. The molecule has 2 aromatic heterocycles. The summed E-state index contributed by atoms with van der Waals surface area (Å²) >= 11 is 0. The number of nitrogens with two attached hydrogens (primary N) is 1. The lowest BCUT2D eigenvalue weighted by atomic mass is 9.90. The molecule has 7 nitrogen and oxygen atoms in total. The molecule has 8 heteroatoms. The van der Waals surface area contributed by atoms with Crippen LogP contribution in [0.4, 0.5) is 10.3 Å². The van der Waals surface area contributed by atoms with Gasteiger partial charge >= 0.3 is 0 Å². The molecule has 1 aliphatic heterocycles. The van der Waals surface area contributed by atoms with Gasteiger partial charge in [-0.1, -0.05) is 12.1 Å². The van der Waals surface area contributed by atoms with E-state index < -0.39 is 0 Å². The number of benzene rings is 1. The van der Waals surface area contributed by atoms with E-state index in [9.17, 15) is 9.18 Å². The normalized spacial score (nSPS) is 16.9. The van der Waals surface area contributed by atoms with Crippen molar-refractivity contribution in [3.8, 4) is 11.1 Å². The number of nitrogens with one attached hydrogen (secondary N) is 1. The molecule has 1 fully saturated rings. The van der Waals surface area contributed by atoms with Gasteiger partial charge in [0.1, 0.15) is 5.82 Å². The fourth-order valence-electron chi connectivity index (χ4n) is 3.73. The molecular formula is C20H21FN6O. The molecule has 0 spiro atoms. The summed E-state index contributed by atoms with van der Waals surface area (Å²) in [6.07, 6.45) is 5.07. The Morgan fingerprint density at radius 3 is 2.82 bits per heavy atom. The second-order valence-electron chi connectivity index (χ2n) is 7.02. The molecule has 3 aromatic rings. The van der Waals surface area contributed by atoms with Gasteiger partial charge in [-0.15, -0.1) is 0 Å². The van der Waals surface area contributed by atoms with Crippen LogP contribution in [0, 0.1) is 12.7 Å². The minimum Gasteiger partial charge on any atom is -0.368 e. The fraction of sp³-hybridized carbons (Fsp3) is 0.300. The Morgan fingerprint density at radius 1 is 1.29 bits per heavy atom. The maximum absolute atomic E-state index is 13.3. The first-order valence-corrected chi connectivity index (χ1v) is 9.20. The molecule has 0 radical (unpaired) electrons. The number of H-pyrrole nitrogens is 1. The number of aryl methyl sites for hydroxylation is 1. The highest BCUT2D eigenvalue weighted by atomic mass is 19.1. The quantitative estimate of drug-likeness (QED) is 0.728. The van der Waals surface area contributed by atoms with Crippen LogP contribution in [0.2, 0.25) is 0 Å². The maximum atomic E-state index is 13.3. The molecule has 0 bridgehead atoms. The molecule has 3 N–H and O–H groups in total. The highest BCUT2D eigenvalue weighted by Crippen LogP contribution is 2.33. The molecule has 3 heterocycles. The van der Waals surface area contributed by atoms with Crippen molar-refractivity contribution in [2.45, 2.75) is 25.7 Å². The second-order valence-corrected chi connectivity index (χ2v) is 7.02. The molecule has 1 amide bonds. The van der Waals surface area contributed by atoms with Crippen LogP contribution in [0.25, 0.3) is 11.1 Å². The van der Waals surface area contributed by atoms with E-state index in [4.69, 9.17) is 5.73 Å². The van der Waals surface area contributed by atoms with Gasteiger partial charge in [0, 0.05) is 36.5 Å². The second kappa shape index (κ2) is 7.38. The van der Waals surface area contributed by atoms with Gasteiger partial charge in [0.25, 0.3) is 5.91 Å². The molecule has 28 heavy (non-hydrogen) atoms. The summed E-state index contributed by atoms with van der Waals surface area (Å²) in [4.78, 5) is 22.9. The first-order chi connectivity index (χ1) is 13.5. The number of nitrogen functional groups attached to an aromatic ring is 1. The van der Waals surface area contributed by atoms with Gasteiger partial charge in [-0.25, -0.2) is 14.4 Å². The summed E-state index contributed by atoms with van der Waals surface area (Å²) in [5.41, 5.74) is 9.44. The van der Waals surface area contributed by atoms with Gasteiger partial charge in [0.15, 0.2) is 0 Å². The van der Waals surface area contributed by atoms with Gasteiger partial charge < -0.3 is 10.6 Å². The predicted octanol–water partition coefficient (Wildman–Crippen LogP) is 2.92. The molecule has 144 valence electrons. The third kappa shape index (κ3) is 3.45. The van der Waals surface area contributed by atoms with E-state index in [0.29, 0.717) is 24.3 Å². The van der Waals surface area contributed by atoms with E-state index in [1.54, 1.807) is 25.3 Å². The van der Waals surface area contributed by atoms with Crippen molar-refractivity contribution < 1.29 is 9.18 Å². The fourth-order valence-corrected chi connectivity index (χ4v) is 3.73. The summed E-state index contributed by atoms with van der Waals surface area (Å²) < 4.78 is 13.3. The first kappa shape index (κ1) is 18.1. The number of hydrogen-bond donors (Lipinski definition) is 2. The van der Waals surface area contributed by atoms with Crippen molar-refractivity contribution in [3.05, 3.63) is 59.4 Å². The zero-order valence-electron chi connectivity index (χ0n) is 15.5. The number of aromatic amines is 1. The van der Waals surface area contributed by atoms with Gasteiger partial charge in [0.05, 0.1) is 17.5 Å². The van der Waals surface area contributed by atoms with Crippen LogP contribution in [0.1, 0.15) is 40.5 Å². The van der Waals surface area contributed by atoms with Crippen LogP contribution in [0.15, 0.2) is 36.7 Å². The molecule has 1 aliphatic rings. The van der Waals surface area contributed by atoms with E-state index in [1.807, 2.05) is 4.90 Å².